The highest BCUT2D eigenvalue weighted by molar-refractivity contribution is 6.35. The van der Waals surface area contributed by atoms with E-state index in [1.54, 1.807) is 66.0 Å². The fraction of sp³-hybridized carbons (Fsp3) is 0.611. The first-order valence-corrected chi connectivity index (χ1v) is 17.1. The highest BCUT2D eigenvalue weighted by atomic mass is 35.5. The monoisotopic (exact) mass is 719 g/mol. The summed E-state index contributed by atoms with van der Waals surface area (Å²) in [6.45, 7) is 10.5. The lowest BCUT2D eigenvalue weighted by Gasteiger charge is -2.42. The fourth-order valence-corrected chi connectivity index (χ4v) is 6.91. The van der Waals surface area contributed by atoms with E-state index in [0.29, 0.717) is 17.9 Å². The van der Waals surface area contributed by atoms with Crippen molar-refractivity contribution >= 4 is 41.2 Å². The summed E-state index contributed by atoms with van der Waals surface area (Å²) < 4.78 is 29.1. The van der Waals surface area contributed by atoms with E-state index in [9.17, 15) is 24.3 Å². The van der Waals surface area contributed by atoms with Crippen molar-refractivity contribution in [3.8, 4) is 5.75 Å². The van der Waals surface area contributed by atoms with E-state index in [-0.39, 0.29) is 29.7 Å². The van der Waals surface area contributed by atoms with Crippen LogP contribution >= 0.6 is 11.6 Å². The van der Waals surface area contributed by atoms with Gasteiger partial charge in [-0.05, 0) is 44.9 Å². The van der Waals surface area contributed by atoms with Crippen LogP contribution in [0.4, 0.5) is 10.5 Å². The smallest absolute Gasteiger partial charge is 0.409 e. The number of methoxy groups -OCH3 is 2. The van der Waals surface area contributed by atoms with Crippen molar-refractivity contribution in [2.45, 2.75) is 103 Å². The molecule has 0 spiro atoms. The third kappa shape index (κ3) is 8.11. The molecule has 0 radical (unpaired) electrons. The standard InChI is InChI=1S/C36H50ClN3O10/c1-19(2)32(42)39(7)22(5)33(43)49-28-17-29(41)40(8)24-15-23(16-25(46-9)30(24)37)14-20(3)12-11-13-27(47-10)36(45)18-26(48-34(44)38-36)21(4)31-35(28,6)50-31/h11-13,15-16,19,21-22,26-28,31,45H,14,17-18H2,1-10H3,(H,38,44)/b13-11+,20-12+/t21-,22+,26+,27-,28+,31+,35+,36+/m0/s1. The molecule has 4 rings (SSSR count). The number of halogens is 1. The number of carbonyl (C=O) groups is 4. The Morgan fingerprint density at radius 2 is 1.88 bits per heavy atom. The molecular weight excluding hydrogens is 670 g/mol. The first-order chi connectivity index (χ1) is 23.4. The summed E-state index contributed by atoms with van der Waals surface area (Å²) in [6, 6.07) is 2.63. The number of ether oxygens (including phenoxy) is 5. The number of rotatable bonds is 6. The van der Waals surface area contributed by atoms with Gasteiger partial charge in [-0.25, -0.2) is 9.59 Å². The number of nitrogens with zero attached hydrogens (tertiary/aromatic N) is 2. The number of benzene rings is 1. The quantitative estimate of drug-likeness (QED) is 0.323. The molecule has 13 nitrogen and oxygen atoms in total. The Kier molecular flexibility index (Phi) is 12.0. The summed E-state index contributed by atoms with van der Waals surface area (Å²) >= 11 is 6.74. The van der Waals surface area contributed by atoms with Gasteiger partial charge in [0.15, 0.2) is 5.72 Å². The molecule has 2 saturated heterocycles. The second-order valence-electron chi connectivity index (χ2n) is 14.0. The SMILES string of the molecule is COc1cc2cc(c1Cl)N(C)C(=O)C[C@@H](OC(=O)[C@@H](C)N(C)C(=O)C(C)C)[C@@]1(C)O[C@@H]1[C@@H](C)[C@H]1C[C@](O)(NC(=O)O1)[C@@H](OC)/C=C/C=C(\C)C2. The van der Waals surface area contributed by atoms with Crippen LogP contribution in [0.5, 0.6) is 5.75 Å². The summed E-state index contributed by atoms with van der Waals surface area (Å²) in [5.41, 5.74) is -0.881. The van der Waals surface area contributed by atoms with Gasteiger partial charge in [0.2, 0.25) is 11.8 Å². The number of anilines is 1. The summed E-state index contributed by atoms with van der Waals surface area (Å²) in [6.07, 6.45) is 1.00. The van der Waals surface area contributed by atoms with Gasteiger partial charge in [0.1, 0.15) is 40.7 Å². The van der Waals surface area contributed by atoms with Crippen LogP contribution in [0.1, 0.15) is 59.9 Å². The molecule has 0 unspecified atom stereocenters. The predicted molar refractivity (Wildman–Crippen MR) is 186 cm³/mol. The van der Waals surface area contributed by atoms with Crippen LogP contribution in [0.15, 0.2) is 35.9 Å². The molecule has 0 saturated carbocycles. The van der Waals surface area contributed by atoms with Gasteiger partial charge in [-0.2, -0.15) is 0 Å². The Hall–Kier alpha value is -3.65. The van der Waals surface area contributed by atoms with Gasteiger partial charge < -0.3 is 38.6 Å². The zero-order valence-electron chi connectivity index (χ0n) is 30.4. The number of likely N-dealkylation sites (N-methyl/N-ethyl adjacent to an activating group) is 1. The van der Waals surface area contributed by atoms with Crippen LogP contribution in [0.25, 0.3) is 0 Å². The van der Waals surface area contributed by atoms with E-state index in [2.05, 4.69) is 5.32 Å². The van der Waals surface area contributed by atoms with E-state index in [1.165, 1.54) is 31.1 Å². The molecule has 50 heavy (non-hydrogen) atoms. The molecule has 2 N–H and O–H groups in total. The number of carbonyl (C=O) groups excluding carboxylic acids is 4. The topological polar surface area (TPSA) is 156 Å². The molecule has 3 amide bonds. The summed E-state index contributed by atoms with van der Waals surface area (Å²) in [4.78, 5) is 55.8. The second kappa shape index (κ2) is 15.3. The molecular formula is C36H50ClN3O10. The van der Waals surface area contributed by atoms with Gasteiger partial charge in [-0.1, -0.05) is 56.2 Å². The van der Waals surface area contributed by atoms with Crippen LogP contribution in [0.3, 0.4) is 0 Å². The van der Waals surface area contributed by atoms with Gasteiger partial charge in [0, 0.05) is 39.5 Å². The van der Waals surface area contributed by atoms with E-state index < -0.39 is 65.7 Å². The zero-order chi connectivity index (χ0) is 37.3. The van der Waals surface area contributed by atoms with Crippen molar-refractivity contribution in [2.75, 3.05) is 33.2 Å². The molecule has 4 bridgehead atoms. The number of epoxide rings is 1. The molecule has 2 fully saturated rings. The van der Waals surface area contributed by atoms with Gasteiger partial charge in [0.25, 0.3) is 0 Å². The molecule has 3 heterocycles. The molecule has 1 aromatic carbocycles. The Balaban J connectivity index is 1.78. The van der Waals surface area contributed by atoms with Crippen LogP contribution < -0.4 is 15.0 Å². The molecule has 8 atom stereocenters. The number of fused-ring (bicyclic) bond motifs is 5. The first-order valence-electron chi connectivity index (χ1n) is 16.7. The van der Waals surface area contributed by atoms with E-state index in [1.807, 2.05) is 13.0 Å². The van der Waals surface area contributed by atoms with Crippen molar-refractivity contribution in [2.24, 2.45) is 11.8 Å². The highest BCUT2D eigenvalue weighted by Gasteiger charge is 2.64. The van der Waals surface area contributed by atoms with Crippen LogP contribution in [0.2, 0.25) is 5.02 Å². The summed E-state index contributed by atoms with van der Waals surface area (Å²) in [7, 11) is 6.02. The third-order valence-corrected chi connectivity index (χ3v) is 10.4. The summed E-state index contributed by atoms with van der Waals surface area (Å²) in [5.74, 6) is -1.88. The number of allylic oxidation sites excluding steroid dienone is 3. The number of alkyl carbamates (subject to hydrolysis) is 1. The number of esters is 1. The van der Waals surface area contributed by atoms with Gasteiger partial charge >= 0.3 is 12.1 Å². The van der Waals surface area contributed by atoms with Crippen molar-refractivity contribution in [1.82, 2.24) is 10.2 Å². The molecule has 14 heteroatoms. The van der Waals surface area contributed by atoms with Gasteiger partial charge in [-0.15, -0.1) is 0 Å². The fourth-order valence-electron chi connectivity index (χ4n) is 6.60. The maximum Gasteiger partial charge on any atom is 0.409 e. The lowest BCUT2D eigenvalue weighted by Crippen LogP contribution is -2.63. The minimum Gasteiger partial charge on any atom is -0.495 e. The minimum absolute atomic E-state index is 0.0449. The Bertz CT molecular complexity index is 1550. The molecule has 3 aliphatic rings. The summed E-state index contributed by atoms with van der Waals surface area (Å²) in [5, 5.41) is 14.4. The van der Waals surface area contributed by atoms with E-state index in [0.717, 1.165) is 11.1 Å². The average Bonchev–Trinajstić information content (AvgIpc) is 3.76. The number of nitrogens with one attached hydrogen (secondary N) is 1. The molecule has 276 valence electrons. The normalized spacial score (nSPS) is 32.5. The largest absolute Gasteiger partial charge is 0.495 e. The lowest BCUT2D eigenvalue weighted by atomic mass is 9.83. The number of hydrogen-bond donors (Lipinski definition) is 2. The van der Waals surface area contributed by atoms with Crippen molar-refractivity contribution < 1.29 is 48.0 Å². The lowest BCUT2D eigenvalue weighted by molar-refractivity contribution is -0.162. The molecule has 0 aliphatic carbocycles. The third-order valence-electron chi connectivity index (χ3n) is 9.97. The molecule has 0 aromatic heterocycles. The molecule has 3 aliphatic heterocycles. The van der Waals surface area contributed by atoms with Crippen LogP contribution in [-0.4, -0.2) is 104 Å². The maximum atomic E-state index is 14.1. The van der Waals surface area contributed by atoms with E-state index >= 15 is 0 Å². The van der Waals surface area contributed by atoms with Gasteiger partial charge in [-0.3, -0.25) is 14.9 Å². The number of hydrogen-bond acceptors (Lipinski definition) is 10. The van der Waals surface area contributed by atoms with Crippen LogP contribution in [0, 0.1) is 11.8 Å². The van der Waals surface area contributed by atoms with Crippen molar-refractivity contribution in [3.63, 3.8) is 0 Å². The van der Waals surface area contributed by atoms with Crippen LogP contribution in [-0.2, 0) is 39.8 Å². The minimum atomic E-state index is -1.82. The first kappa shape index (κ1) is 39.1. The second-order valence-corrected chi connectivity index (χ2v) is 14.4. The Morgan fingerprint density at radius 1 is 1.20 bits per heavy atom. The van der Waals surface area contributed by atoms with Gasteiger partial charge in [0.05, 0.1) is 25.3 Å². The predicted octanol–water partition coefficient (Wildman–Crippen LogP) is 4.17. The van der Waals surface area contributed by atoms with Crippen molar-refractivity contribution in [3.05, 3.63) is 46.5 Å². The highest BCUT2D eigenvalue weighted by Crippen LogP contribution is 2.49. The van der Waals surface area contributed by atoms with Crippen molar-refractivity contribution in [1.29, 1.82) is 0 Å². The van der Waals surface area contributed by atoms with E-state index in [4.69, 9.17) is 35.3 Å². The number of aliphatic hydroxyl groups is 1. The Labute approximate surface area is 298 Å². The zero-order valence-corrected chi connectivity index (χ0v) is 31.2. The molecule has 1 aromatic rings. The Morgan fingerprint density at radius 3 is 2.50 bits per heavy atom. The average molecular weight is 720 g/mol. The maximum absolute atomic E-state index is 14.1. The number of amides is 3.